The highest BCUT2D eigenvalue weighted by atomic mass is 32.2. The standard InChI is InChI=1S/C21H23N5O5S/c1-30-18-7-3-2-6-16(18)20-24-25-21(31-20)17(26-32(28,29)15-8-9-15)11-19(27)23-13-14-5-4-10-22-12-14/h2-7,10,12,15,17,26H,8-9,11,13H2,1H3,(H,23,27)/t17-/m0/s1. The van der Waals surface area contributed by atoms with Gasteiger partial charge in [-0.05, 0) is 36.6 Å². The van der Waals surface area contributed by atoms with E-state index in [1.54, 1.807) is 42.7 Å². The lowest BCUT2D eigenvalue weighted by molar-refractivity contribution is -0.121. The first-order valence-corrected chi connectivity index (χ1v) is 11.6. The van der Waals surface area contributed by atoms with Gasteiger partial charge in [-0.3, -0.25) is 9.78 Å². The van der Waals surface area contributed by atoms with Gasteiger partial charge in [0.15, 0.2) is 0 Å². The lowest BCUT2D eigenvalue weighted by Crippen LogP contribution is -2.35. The van der Waals surface area contributed by atoms with Crippen molar-refractivity contribution in [2.45, 2.75) is 37.1 Å². The molecular weight excluding hydrogens is 434 g/mol. The second-order valence-corrected chi connectivity index (χ2v) is 9.40. The van der Waals surface area contributed by atoms with Crippen molar-refractivity contribution in [3.05, 3.63) is 60.2 Å². The summed E-state index contributed by atoms with van der Waals surface area (Å²) in [6, 6.07) is 9.70. The largest absolute Gasteiger partial charge is 0.496 e. The van der Waals surface area contributed by atoms with Gasteiger partial charge in [0.25, 0.3) is 5.89 Å². The van der Waals surface area contributed by atoms with Crippen molar-refractivity contribution in [3.8, 4) is 17.2 Å². The lowest BCUT2D eigenvalue weighted by atomic mass is 10.2. The molecule has 1 aliphatic rings. The number of sulfonamides is 1. The van der Waals surface area contributed by atoms with Gasteiger partial charge in [-0.25, -0.2) is 13.1 Å². The zero-order valence-electron chi connectivity index (χ0n) is 17.4. The molecule has 11 heteroatoms. The van der Waals surface area contributed by atoms with Crippen molar-refractivity contribution in [1.29, 1.82) is 0 Å². The van der Waals surface area contributed by atoms with Crippen LogP contribution in [-0.4, -0.2) is 41.9 Å². The highest BCUT2D eigenvalue weighted by molar-refractivity contribution is 7.90. The van der Waals surface area contributed by atoms with E-state index in [9.17, 15) is 13.2 Å². The molecule has 1 fully saturated rings. The van der Waals surface area contributed by atoms with Crippen LogP contribution in [0.2, 0.25) is 0 Å². The van der Waals surface area contributed by atoms with Crippen LogP contribution >= 0.6 is 0 Å². The summed E-state index contributed by atoms with van der Waals surface area (Å²) in [5.74, 6) is 0.344. The molecule has 32 heavy (non-hydrogen) atoms. The minimum Gasteiger partial charge on any atom is -0.496 e. The van der Waals surface area contributed by atoms with Crippen molar-refractivity contribution in [3.63, 3.8) is 0 Å². The van der Waals surface area contributed by atoms with E-state index in [1.165, 1.54) is 7.11 Å². The molecule has 0 aliphatic heterocycles. The number of nitrogens with zero attached hydrogens (tertiary/aromatic N) is 3. The molecule has 0 radical (unpaired) electrons. The number of benzene rings is 1. The molecule has 168 valence electrons. The maximum Gasteiger partial charge on any atom is 0.251 e. The third-order valence-electron chi connectivity index (χ3n) is 4.95. The Hall–Kier alpha value is -3.31. The molecule has 0 saturated heterocycles. The average Bonchev–Trinajstić information content (AvgIpc) is 3.56. The molecule has 0 unspecified atom stereocenters. The molecular formula is C21H23N5O5S. The normalized spacial score (nSPS) is 14.7. The maximum atomic E-state index is 12.6. The number of para-hydroxylation sites is 1. The number of hydrogen-bond donors (Lipinski definition) is 2. The molecule has 1 atom stereocenters. The van der Waals surface area contributed by atoms with Gasteiger partial charge in [0.05, 0.1) is 24.3 Å². The first-order chi connectivity index (χ1) is 15.5. The van der Waals surface area contributed by atoms with Gasteiger partial charge in [-0.2, -0.15) is 0 Å². The third-order valence-corrected chi connectivity index (χ3v) is 6.91. The molecule has 2 N–H and O–H groups in total. The number of hydrogen-bond acceptors (Lipinski definition) is 8. The Morgan fingerprint density at radius 1 is 1.22 bits per heavy atom. The Labute approximate surface area is 185 Å². The molecule has 1 aromatic carbocycles. The molecule has 0 bridgehead atoms. The van der Waals surface area contributed by atoms with E-state index in [1.807, 2.05) is 6.07 Å². The zero-order chi connectivity index (χ0) is 22.6. The fraction of sp³-hybridized carbons (Fsp3) is 0.333. The fourth-order valence-electron chi connectivity index (χ4n) is 3.12. The van der Waals surface area contributed by atoms with Gasteiger partial charge in [0.2, 0.25) is 21.8 Å². The highest BCUT2D eigenvalue weighted by Gasteiger charge is 2.39. The first kappa shape index (κ1) is 21.9. The van der Waals surface area contributed by atoms with Crippen LogP contribution in [0.4, 0.5) is 0 Å². The minimum absolute atomic E-state index is 0.00617. The molecule has 3 aromatic rings. The summed E-state index contributed by atoms with van der Waals surface area (Å²) in [6.07, 6.45) is 4.27. The number of rotatable bonds is 10. The van der Waals surface area contributed by atoms with E-state index in [-0.39, 0.29) is 30.7 Å². The third kappa shape index (κ3) is 5.29. The molecule has 2 aromatic heterocycles. The number of amides is 1. The van der Waals surface area contributed by atoms with Crippen LogP contribution in [0.5, 0.6) is 5.75 Å². The van der Waals surface area contributed by atoms with E-state index < -0.39 is 21.3 Å². The number of carbonyl (C=O) groups excluding carboxylic acids is 1. The van der Waals surface area contributed by atoms with E-state index in [0.717, 1.165) is 5.56 Å². The van der Waals surface area contributed by atoms with E-state index in [4.69, 9.17) is 9.15 Å². The predicted molar refractivity (Wildman–Crippen MR) is 115 cm³/mol. The summed E-state index contributed by atoms with van der Waals surface area (Å²) in [7, 11) is -2.08. The molecule has 4 rings (SSSR count). The van der Waals surface area contributed by atoms with Gasteiger partial charge in [0.1, 0.15) is 11.8 Å². The summed E-state index contributed by atoms with van der Waals surface area (Å²) in [6.45, 7) is 0.269. The molecule has 0 spiro atoms. The summed E-state index contributed by atoms with van der Waals surface area (Å²) in [4.78, 5) is 16.6. The maximum absolute atomic E-state index is 12.6. The van der Waals surface area contributed by atoms with Crippen molar-refractivity contribution in [1.82, 2.24) is 25.2 Å². The molecule has 2 heterocycles. The number of carbonyl (C=O) groups is 1. The number of aromatic nitrogens is 3. The van der Waals surface area contributed by atoms with Crippen LogP contribution in [-0.2, 0) is 21.4 Å². The summed E-state index contributed by atoms with van der Waals surface area (Å²) in [5.41, 5.74) is 1.39. The lowest BCUT2D eigenvalue weighted by Gasteiger charge is -2.15. The first-order valence-electron chi connectivity index (χ1n) is 10.1. The highest BCUT2D eigenvalue weighted by Crippen LogP contribution is 2.32. The van der Waals surface area contributed by atoms with Crippen molar-refractivity contribution < 1.29 is 22.4 Å². The van der Waals surface area contributed by atoms with Crippen molar-refractivity contribution >= 4 is 15.9 Å². The van der Waals surface area contributed by atoms with Gasteiger partial charge in [0, 0.05) is 18.9 Å². The predicted octanol–water partition coefficient (Wildman–Crippen LogP) is 1.97. The van der Waals surface area contributed by atoms with Gasteiger partial charge < -0.3 is 14.5 Å². The number of ether oxygens (including phenoxy) is 1. The quantitative estimate of drug-likeness (QED) is 0.472. The van der Waals surface area contributed by atoms with Gasteiger partial charge >= 0.3 is 0 Å². The van der Waals surface area contributed by atoms with Crippen LogP contribution in [0, 0.1) is 0 Å². The van der Waals surface area contributed by atoms with Crippen LogP contribution in [0.3, 0.4) is 0 Å². The topological polar surface area (TPSA) is 136 Å². The number of pyridine rings is 1. The van der Waals surface area contributed by atoms with Crippen LogP contribution in [0.1, 0.15) is 36.8 Å². The second kappa shape index (κ2) is 9.45. The molecule has 1 amide bonds. The molecule has 10 nitrogen and oxygen atoms in total. The second-order valence-electron chi connectivity index (χ2n) is 7.40. The van der Waals surface area contributed by atoms with Crippen LogP contribution < -0.4 is 14.8 Å². The Bertz CT molecular complexity index is 1180. The Balaban J connectivity index is 1.53. The number of methoxy groups -OCH3 is 1. The zero-order valence-corrected chi connectivity index (χ0v) is 18.2. The molecule has 1 saturated carbocycles. The number of nitrogens with one attached hydrogen (secondary N) is 2. The van der Waals surface area contributed by atoms with E-state index >= 15 is 0 Å². The summed E-state index contributed by atoms with van der Waals surface area (Å²) >= 11 is 0. The Morgan fingerprint density at radius 3 is 2.75 bits per heavy atom. The summed E-state index contributed by atoms with van der Waals surface area (Å²) in [5, 5.41) is 10.4. The van der Waals surface area contributed by atoms with Crippen molar-refractivity contribution in [2.24, 2.45) is 0 Å². The Morgan fingerprint density at radius 2 is 2.03 bits per heavy atom. The fourth-order valence-corrected chi connectivity index (χ4v) is 4.65. The summed E-state index contributed by atoms with van der Waals surface area (Å²) < 4.78 is 38.8. The van der Waals surface area contributed by atoms with E-state index in [0.29, 0.717) is 24.2 Å². The Kier molecular flexibility index (Phi) is 6.47. The SMILES string of the molecule is COc1ccccc1-c1nnc([C@H](CC(=O)NCc2cccnc2)NS(=O)(=O)C2CC2)o1. The van der Waals surface area contributed by atoms with Crippen molar-refractivity contribution in [2.75, 3.05) is 7.11 Å². The smallest absolute Gasteiger partial charge is 0.251 e. The van der Waals surface area contributed by atoms with Gasteiger partial charge in [-0.1, -0.05) is 18.2 Å². The average molecular weight is 458 g/mol. The van der Waals surface area contributed by atoms with Crippen LogP contribution in [0.25, 0.3) is 11.5 Å². The van der Waals surface area contributed by atoms with Crippen LogP contribution in [0.15, 0.2) is 53.2 Å². The van der Waals surface area contributed by atoms with Gasteiger partial charge in [-0.15, -0.1) is 10.2 Å². The monoisotopic (exact) mass is 457 g/mol. The van der Waals surface area contributed by atoms with E-state index in [2.05, 4.69) is 25.2 Å². The molecule has 1 aliphatic carbocycles. The minimum atomic E-state index is -3.61.